The average molecular weight is 463 g/mol. The Morgan fingerprint density at radius 2 is 1.90 bits per heavy atom. The van der Waals surface area contributed by atoms with Gasteiger partial charge in [0, 0.05) is 10.7 Å². The molecule has 0 aliphatic carbocycles. The molecular weight excluding hydrogens is 443 g/mol. The first-order chi connectivity index (χ1) is 14.4. The van der Waals surface area contributed by atoms with Gasteiger partial charge in [-0.05, 0) is 36.2 Å². The van der Waals surface area contributed by atoms with E-state index in [0.29, 0.717) is 33.3 Å². The minimum atomic E-state index is -0.207. The van der Waals surface area contributed by atoms with Gasteiger partial charge in [0.1, 0.15) is 5.82 Å². The van der Waals surface area contributed by atoms with Gasteiger partial charge < -0.3 is 16.4 Å². The van der Waals surface area contributed by atoms with Crippen molar-refractivity contribution >= 4 is 64.1 Å². The molecule has 30 heavy (non-hydrogen) atoms. The van der Waals surface area contributed by atoms with E-state index in [-0.39, 0.29) is 17.6 Å². The topological polar surface area (TPSA) is 106 Å². The molecule has 0 bridgehead atoms. The lowest BCUT2D eigenvalue weighted by Gasteiger charge is -2.11. The van der Waals surface area contributed by atoms with Gasteiger partial charge in [-0.15, -0.1) is 11.8 Å². The third-order valence-electron chi connectivity index (χ3n) is 4.01. The predicted octanol–water partition coefficient (Wildman–Crippen LogP) is 4.94. The fraction of sp³-hybridized carbons (Fsp3) is 0.200. The van der Waals surface area contributed by atoms with Crippen LogP contribution in [0.5, 0.6) is 0 Å². The van der Waals surface area contributed by atoms with Crippen LogP contribution in [-0.2, 0) is 17.0 Å². The molecule has 3 aromatic rings. The highest BCUT2D eigenvalue weighted by molar-refractivity contribution is 7.99. The monoisotopic (exact) mass is 462 g/mol. The summed E-state index contributed by atoms with van der Waals surface area (Å²) < 4.78 is 0. The zero-order valence-corrected chi connectivity index (χ0v) is 18.5. The number of hydrogen-bond acceptors (Lipinski definition) is 7. The van der Waals surface area contributed by atoms with Gasteiger partial charge in [-0.2, -0.15) is 15.0 Å². The standard InChI is InChI=1S/C20H20Cl2N6OS/c1-2-12-5-3-4-6-15(12)25-20-27-17(26-19(23)28-20)10-30-11-18(29)24-16-9-13(21)7-8-14(16)22/h3-9H,2,10-11H2,1H3,(H,24,29)(H3,23,25,26,27,28). The number of rotatable bonds is 8. The van der Waals surface area contributed by atoms with E-state index in [9.17, 15) is 4.79 Å². The van der Waals surface area contributed by atoms with E-state index in [1.165, 1.54) is 11.8 Å². The van der Waals surface area contributed by atoms with E-state index in [1.807, 2.05) is 24.3 Å². The average Bonchev–Trinajstić information content (AvgIpc) is 2.71. The number of aryl methyl sites for hydroxylation is 1. The van der Waals surface area contributed by atoms with Crippen molar-refractivity contribution in [2.24, 2.45) is 0 Å². The lowest BCUT2D eigenvalue weighted by atomic mass is 10.1. The van der Waals surface area contributed by atoms with Crippen molar-refractivity contribution in [3.05, 3.63) is 63.9 Å². The van der Waals surface area contributed by atoms with Gasteiger partial charge in [0.25, 0.3) is 0 Å². The number of nitrogens with zero attached hydrogens (tertiary/aromatic N) is 3. The number of benzene rings is 2. The smallest absolute Gasteiger partial charge is 0.234 e. The molecule has 1 heterocycles. The van der Waals surface area contributed by atoms with E-state index in [0.717, 1.165) is 17.7 Å². The quantitative estimate of drug-likeness (QED) is 0.435. The highest BCUT2D eigenvalue weighted by atomic mass is 35.5. The van der Waals surface area contributed by atoms with Crippen LogP contribution >= 0.6 is 35.0 Å². The number of para-hydroxylation sites is 1. The Morgan fingerprint density at radius 3 is 2.70 bits per heavy atom. The number of amides is 1. The zero-order valence-electron chi connectivity index (χ0n) is 16.2. The number of carbonyl (C=O) groups is 1. The maximum atomic E-state index is 12.2. The molecule has 156 valence electrons. The van der Waals surface area contributed by atoms with Crippen LogP contribution in [0.3, 0.4) is 0 Å². The number of nitrogen functional groups attached to an aromatic ring is 1. The van der Waals surface area contributed by atoms with Gasteiger partial charge in [0.2, 0.25) is 17.8 Å². The molecule has 0 fully saturated rings. The van der Waals surface area contributed by atoms with Crippen LogP contribution in [0.15, 0.2) is 42.5 Å². The zero-order chi connectivity index (χ0) is 21.5. The molecule has 0 atom stereocenters. The molecule has 0 saturated carbocycles. The van der Waals surface area contributed by atoms with Gasteiger partial charge in [0.15, 0.2) is 0 Å². The number of aromatic nitrogens is 3. The van der Waals surface area contributed by atoms with E-state index in [2.05, 4.69) is 32.5 Å². The van der Waals surface area contributed by atoms with Gasteiger partial charge in [0.05, 0.1) is 22.2 Å². The summed E-state index contributed by atoms with van der Waals surface area (Å²) >= 11 is 13.4. The van der Waals surface area contributed by atoms with Gasteiger partial charge in [-0.25, -0.2) is 0 Å². The molecule has 7 nitrogen and oxygen atoms in total. The Hall–Kier alpha value is -2.55. The van der Waals surface area contributed by atoms with Crippen molar-refractivity contribution in [2.45, 2.75) is 19.1 Å². The maximum Gasteiger partial charge on any atom is 0.234 e. The maximum absolute atomic E-state index is 12.2. The SMILES string of the molecule is CCc1ccccc1Nc1nc(N)nc(CSCC(=O)Nc2cc(Cl)ccc2Cl)n1. The van der Waals surface area contributed by atoms with Crippen LogP contribution < -0.4 is 16.4 Å². The third-order valence-corrected chi connectivity index (χ3v) is 5.50. The first-order valence-corrected chi connectivity index (χ1v) is 11.0. The van der Waals surface area contributed by atoms with Crippen molar-refractivity contribution in [3.8, 4) is 0 Å². The van der Waals surface area contributed by atoms with E-state index in [4.69, 9.17) is 28.9 Å². The number of halogens is 2. The van der Waals surface area contributed by atoms with Crippen molar-refractivity contribution in [3.63, 3.8) is 0 Å². The number of thioether (sulfide) groups is 1. The van der Waals surface area contributed by atoms with E-state index >= 15 is 0 Å². The fourth-order valence-corrected chi connectivity index (χ4v) is 3.65. The second kappa shape index (κ2) is 10.5. The molecular formula is C20H20Cl2N6OS. The van der Waals surface area contributed by atoms with Crippen molar-refractivity contribution in [2.75, 3.05) is 22.1 Å². The molecule has 0 saturated heterocycles. The van der Waals surface area contributed by atoms with Gasteiger partial charge >= 0.3 is 0 Å². The summed E-state index contributed by atoms with van der Waals surface area (Å²) in [7, 11) is 0. The predicted molar refractivity (Wildman–Crippen MR) is 125 cm³/mol. The molecule has 0 aliphatic heterocycles. The first-order valence-electron chi connectivity index (χ1n) is 9.12. The van der Waals surface area contributed by atoms with Crippen LogP contribution in [0.4, 0.5) is 23.3 Å². The van der Waals surface area contributed by atoms with E-state index in [1.54, 1.807) is 18.2 Å². The minimum absolute atomic E-state index is 0.118. The van der Waals surface area contributed by atoms with Gasteiger partial charge in [-0.1, -0.05) is 48.3 Å². The Labute approximate surface area is 188 Å². The van der Waals surface area contributed by atoms with E-state index < -0.39 is 0 Å². The molecule has 1 aromatic heterocycles. The Morgan fingerprint density at radius 1 is 1.10 bits per heavy atom. The van der Waals surface area contributed by atoms with Crippen LogP contribution in [0.2, 0.25) is 10.0 Å². The lowest BCUT2D eigenvalue weighted by Crippen LogP contribution is -2.15. The highest BCUT2D eigenvalue weighted by Gasteiger charge is 2.10. The summed E-state index contributed by atoms with van der Waals surface area (Å²) in [4.78, 5) is 24.9. The number of nitrogens with two attached hydrogens (primary N) is 1. The summed E-state index contributed by atoms with van der Waals surface area (Å²) in [6.07, 6.45) is 0.873. The van der Waals surface area contributed by atoms with Crippen molar-refractivity contribution in [1.29, 1.82) is 0 Å². The third kappa shape index (κ3) is 6.22. The molecule has 0 unspecified atom stereocenters. The molecule has 0 radical (unpaired) electrons. The largest absolute Gasteiger partial charge is 0.368 e. The van der Waals surface area contributed by atoms with Gasteiger partial charge in [-0.3, -0.25) is 4.79 Å². The molecule has 10 heteroatoms. The summed E-state index contributed by atoms with van der Waals surface area (Å²) in [6.45, 7) is 2.08. The number of anilines is 4. The second-order valence-corrected chi connectivity index (χ2v) is 8.06. The Bertz CT molecular complexity index is 1050. The molecule has 2 aromatic carbocycles. The first kappa shape index (κ1) is 22.1. The minimum Gasteiger partial charge on any atom is -0.368 e. The van der Waals surface area contributed by atoms with Crippen LogP contribution in [0, 0.1) is 0 Å². The molecule has 1 amide bonds. The highest BCUT2D eigenvalue weighted by Crippen LogP contribution is 2.26. The number of carbonyl (C=O) groups excluding carboxylic acids is 1. The molecule has 0 spiro atoms. The molecule has 4 N–H and O–H groups in total. The summed E-state index contributed by atoms with van der Waals surface area (Å²) in [6, 6.07) is 12.8. The van der Waals surface area contributed by atoms with Crippen LogP contribution in [0.25, 0.3) is 0 Å². The molecule has 3 rings (SSSR count). The fourth-order valence-electron chi connectivity index (χ4n) is 2.64. The van der Waals surface area contributed by atoms with Crippen LogP contribution in [-0.4, -0.2) is 26.6 Å². The second-order valence-electron chi connectivity index (χ2n) is 6.23. The Kier molecular flexibility index (Phi) is 7.73. The number of hydrogen-bond donors (Lipinski definition) is 3. The normalized spacial score (nSPS) is 10.6. The van der Waals surface area contributed by atoms with Crippen LogP contribution in [0.1, 0.15) is 18.3 Å². The summed E-state index contributed by atoms with van der Waals surface area (Å²) in [5.74, 6) is 1.35. The lowest BCUT2D eigenvalue weighted by molar-refractivity contribution is -0.113. The summed E-state index contributed by atoms with van der Waals surface area (Å²) in [5.41, 5.74) is 8.36. The summed E-state index contributed by atoms with van der Waals surface area (Å²) in [5, 5.41) is 6.84. The molecule has 0 aliphatic rings. The number of nitrogens with one attached hydrogen (secondary N) is 2. The van der Waals surface area contributed by atoms with Crippen molar-refractivity contribution in [1.82, 2.24) is 15.0 Å². The Balaban J connectivity index is 1.59. The van der Waals surface area contributed by atoms with Crippen molar-refractivity contribution < 1.29 is 4.79 Å².